The minimum Gasteiger partial charge on any atom is -0.354 e. The van der Waals surface area contributed by atoms with Gasteiger partial charge in [0.05, 0.1) is 11.4 Å². The predicted molar refractivity (Wildman–Crippen MR) is 97.3 cm³/mol. The van der Waals surface area contributed by atoms with Crippen molar-refractivity contribution in [2.45, 2.75) is 20.3 Å². The lowest BCUT2D eigenvalue weighted by Gasteiger charge is -2.21. The quantitative estimate of drug-likeness (QED) is 0.855. The summed E-state index contributed by atoms with van der Waals surface area (Å²) in [4.78, 5) is 25.3. The number of benzene rings is 2. The Labute approximate surface area is 151 Å². The molecule has 0 heterocycles. The Morgan fingerprint density at radius 1 is 1.20 bits per heavy atom. The van der Waals surface area contributed by atoms with Gasteiger partial charge in [-0.1, -0.05) is 35.9 Å². The first kappa shape index (κ1) is 18.9. The number of rotatable bonds is 6. The molecule has 0 aliphatic carbocycles. The maximum Gasteiger partial charge on any atom is 0.224 e. The van der Waals surface area contributed by atoms with E-state index in [9.17, 15) is 14.0 Å². The van der Waals surface area contributed by atoms with E-state index >= 15 is 0 Å². The number of carbonyl (C=O) groups excluding carboxylic acids is 2. The minimum atomic E-state index is -0.541. The number of hydrogen-bond donors (Lipinski definition) is 1. The van der Waals surface area contributed by atoms with Gasteiger partial charge in [-0.25, -0.2) is 4.39 Å². The molecule has 25 heavy (non-hydrogen) atoms. The molecule has 0 aromatic heterocycles. The molecule has 0 spiro atoms. The van der Waals surface area contributed by atoms with Crippen molar-refractivity contribution in [2.24, 2.45) is 0 Å². The SMILES string of the molecule is CC(=O)N(CCNC(=O)Cc1ccccc1C)c1ccc(F)c(Cl)c1. The van der Waals surface area contributed by atoms with E-state index in [0.717, 1.165) is 11.1 Å². The topological polar surface area (TPSA) is 49.4 Å². The lowest BCUT2D eigenvalue weighted by Crippen LogP contribution is -2.38. The van der Waals surface area contributed by atoms with Crippen molar-refractivity contribution in [1.29, 1.82) is 0 Å². The molecule has 0 radical (unpaired) electrons. The molecule has 0 fully saturated rings. The van der Waals surface area contributed by atoms with Crippen LogP contribution in [0.15, 0.2) is 42.5 Å². The second-order valence-electron chi connectivity index (χ2n) is 5.72. The molecule has 2 aromatic rings. The fraction of sp³-hybridized carbons (Fsp3) is 0.263. The van der Waals surface area contributed by atoms with Crippen LogP contribution in [-0.4, -0.2) is 24.9 Å². The third-order valence-corrected chi connectivity index (χ3v) is 4.15. The van der Waals surface area contributed by atoms with Gasteiger partial charge in [0, 0.05) is 25.7 Å². The molecule has 132 valence electrons. The molecule has 0 atom stereocenters. The Balaban J connectivity index is 1.93. The highest BCUT2D eigenvalue weighted by atomic mass is 35.5. The van der Waals surface area contributed by atoms with Crippen LogP contribution in [0.3, 0.4) is 0 Å². The number of nitrogens with zero attached hydrogens (tertiary/aromatic N) is 1. The average Bonchev–Trinajstić information content (AvgIpc) is 2.56. The first-order valence-electron chi connectivity index (χ1n) is 7.93. The Bertz CT molecular complexity index is 780. The number of hydrogen-bond acceptors (Lipinski definition) is 2. The molecular weight excluding hydrogens is 343 g/mol. The zero-order chi connectivity index (χ0) is 18.4. The third-order valence-electron chi connectivity index (χ3n) is 3.86. The van der Waals surface area contributed by atoms with Gasteiger partial charge in [-0.15, -0.1) is 0 Å². The van der Waals surface area contributed by atoms with Crippen molar-refractivity contribution in [2.75, 3.05) is 18.0 Å². The Hall–Kier alpha value is -2.40. The Morgan fingerprint density at radius 2 is 1.92 bits per heavy atom. The standard InChI is InChI=1S/C19H20ClFN2O2/c1-13-5-3-4-6-15(13)11-19(25)22-9-10-23(14(2)24)16-7-8-18(21)17(20)12-16/h3-8,12H,9-11H2,1-2H3,(H,22,25). The zero-order valence-electron chi connectivity index (χ0n) is 14.2. The van der Waals surface area contributed by atoms with E-state index in [2.05, 4.69) is 5.32 Å². The second kappa shape index (κ2) is 8.62. The van der Waals surface area contributed by atoms with Gasteiger partial charge in [0.25, 0.3) is 0 Å². The van der Waals surface area contributed by atoms with Crippen LogP contribution < -0.4 is 10.2 Å². The van der Waals surface area contributed by atoms with E-state index in [1.807, 2.05) is 31.2 Å². The second-order valence-corrected chi connectivity index (χ2v) is 6.13. The normalized spacial score (nSPS) is 10.4. The van der Waals surface area contributed by atoms with Crippen molar-refractivity contribution in [3.63, 3.8) is 0 Å². The zero-order valence-corrected chi connectivity index (χ0v) is 14.9. The van der Waals surface area contributed by atoms with Crippen molar-refractivity contribution in [3.8, 4) is 0 Å². The van der Waals surface area contributed by atoms with Crippen LogP contribution in [0.25, 0.3) is 0 Å². The number of anilines is 1. The molecule has 2 rings (SSSR count). The first-order chi connectivity index (χ1) is 11.9. The van der Waals surface area contributed by atoms with Gasteiger partial charge in [0.1, 0.15) is 5.82 Å². The molecule has 0 unspecified atom stereocenters. The molecule has 0 saturated carbocycles. The van der Waals surface area contributed by atoms with Crippen LogP contribution in [0.5, 0.6) is 0 Å². The number of amides is 2. The van der Waals surface area contributed by atoms with Crippen LogP contribution in [-0.2, 0) is 16.0 Å². The fourth-order valence-corrected chi connectivity index (χ4v) is 2.65. The lowest BCUT2D eigenvalue weighted by molar-refractivity contribution is -0.121. The van der Waals surface area contributed by atoms with Gasteiger partial charge in [0.2, 0.25) is 11.8 Å². The number of halogens is 2. The van der Waals surface area contributed by atoms with E-state index in [1.165, 1.54) is 30.0 Å². The summed E-state index contributed by atoms with van der Waals surface area (Å²) in [6.45, 7) is 3.93. The summed E-state index contributed by atoms with van der Waals surface area (Å²) in [6, 6.07) is 11.8. The highest BCUT2D eigenvalue weighted by molar-refractivity contribution is 6.31. The van der Waals surface area contributed by atoms with E-state index in [-0.39, 0.29) is 29.8 Å². The van der Waals surface area contributed by atoms with Crippen LogP contribution >= 0.6 is 11.6 Å². The number of carbonyl (C=O) groups is 2. The first-order valence-corrected chi connectivity index (χ1v) is 8.30. The summed E-state index contributed by atoms with van der Waals surface area (Å²) in [5, 5.41) is 2.75. The molecule has 0 bridgehead atoms. The summed E-state index contributed by atoms with van der Waals surface area (Å²) < 4.78 is 13.3. The maximum absolute atomic E-state index is 13.3. The summed E-state index contributed by atoms with van der Waals surface area (Å²) >= 11 is 5.77. The summed E-state index contributed by atoms with van der Waals surface area (Å²) in [6.07, 6.45) is 0.287. The van der Waals surface area contributed by atoms with Gasteiger partial charge in [-0.2, -0.15) is 0 Å². The highest BCUT2D eigenvalue weighted by Crippen LogP contribution is 2.22. The monoisotopic (exact) mass is 362 g/mol. The van der Waals surface area contributed by atoms with Crippen LogP contribution in [0.4, 0.5) is 10.1 Å². The summed E-state index contributed by atoms with van der Waals surface area (Å²) in [7, 11) is 0. The fourth-order valence-electron chi connectivity index (χ4n) is 2.47. The van der Waals surface area contributed by atoms with Gasteiger partial charge in [0.15, 0.2) is 0 Å². The Morgan fingerprint density at radius 3 is 2.56 bits per heavy atom. The van der Waals surface area contributed by atoms with Crippen LogP contribution in [0.1, 0.15) is 18.1 Å². The third kappa shape index (κ3) is 5.29. The summed E-state index contributed by atoms with van der Waals surface area (Å²) in [5.74, 6) is -0.869. The average molecular weight is 363 g/mol. The minimum absolute atomic E-state index is 0.0488. The molecule has 0 aliphatic rings. The summed E-state index contributed by atoms with van der Waals surface area (Å²) in [5.41, 5.74) is 2.52. The van der Waals surface area contributed by atoms with E-state index in [4.69, 9.17) is 11.6 Å². The molecule has 2 aromatic carbocycles. The van der Waals surface area contributed by atoms with Crippen molar-refractivity contribution in [1.82, 2.24) is 5.32 Å². The molecule has 1 N–H and O–H groups in total. The number of nitrogens with one attached hydrogen (secondary N) is 1. The van der Waals surface area contributed by atoms with Crippen molar-refractivity contribution >= 4 is 29.1 Å². The van der Waals surface area contributed by atoms with Gasteiger partial charge in [-0.05, 0) is 36.2 Å². The van der Waals surface area contributed by atoms with E-state index in [1.54, 1.807) is 0 Å². The maximum atomic E-state index is 13.3. The van der Waals surface area contributed by atoms with Crippen LogP contribution in [0, 0.1) is 12.7 Å². The molecule has 4 nitrogen and oxygen atoms in total. The van der Waals surface area contributed by atoms with E-state index in [0.29, 0.717) is 12.2 Å². The highest BCUT2D eigenvalue weighted by Gasteiger charge is 2.14. The van der Waals surface area contributed by atoms with Gasteiger partial charge in [-0.3, -0.25) is 9.59 Å². The molecular formula is C19H20ClFN2O2. The van der Waals surface area contributed by atoms with Gasteiger partial charge < -0.3 is 10.2 Å². The molecule has 6 heteroatoms. The molecule has 0 saturated heterocycles. The van der Waals surface area contributed by atoms with Crippen molar-refractivity contribution in [3.05, 3.63) is 64.4 Å². The van der Waals surface area contributed by atoms with Crippen LogP contribution in [0.2, 0.25) is 5.02 Å². The van der Waals surface area contributed by atoms with Crippen molar-refractivity contribution < 1.29 is 14.0 Å². The Kier molecular flexibility index (Phi) is 6.53. The predicted octanol–water partition coefficient (Wildman–Crippen LogP) is 3.50. The number of aryl methyl sites for hydroxylation is 1. The molecule has 2 amide bonds. The lowest BCUT2D eigenvalue weighted by atomic mass is 10.1. The smallest absolute Gasteiger partial charge is 0.224 e. The molecule has 0 aliphatic heterocycles. The van der Waals surface area contributed by atoms with Gasteiger partial charge >= 0.3 is 0 Å². The largest absolute Gasteiger partial charge is 0.354 e. The van der Waals surface area contributed by atoms with E-state index < -0.39 is 5.82 Å².